The van der Waals surface area contributed by atoms with E-state index in [9.17, 15) is 4.79 Å². The highest BCUT2D eigenvalue weighted by Gasteiger charge is 2.32. The summed E-state index contributed by atoms with van der Waals surface area (Å²) in [5, 5.41) is 6.22. The summed E-state index contributed by atoms with van der Waals surface area (Å²) in [6.07, 6.45) is 0.676. The molecule has 4 rings (SSSR count). The number of nitrogens with zero attached hydrogens (tertiary/aromatic N) is 1. The zero-order valence-corrected chi connectivity index (χ0v) is 15.4. The van der Waals surface area contributed by atoms with Crippen LogP contribution in [-0.2, 0) is 17.8 Å². The molecule has 0 radical (unpaired) electrons. The zero-order valence-electron chi connectivity index (χ0n) is 15.4. The van der Waals surface area contributed by atoms with Gasteiger partial charge in [0, 0.05) is 25.7 Å². The number of fused-ring (bicyclic) bond motifs is 1. The van der Waals surface area contributed by atoms with Crippen LogP contribution in [0.25, 0.3) is 0 Å². The van der Waals surface area contributed by atoms with Crippen molar-refractivity contribution in [2.24, 2.45) is 0 Å². The van der Waals surface area contributed by atoms with Crippen molar-refractivity contribution in [3.05, 3.63) is 90.0 Å². The van der Waals surface area contributed by atoms with Gasteiger partial charge in [-0.15, -0.1) is 0 Å². The normalized spacial score (nSPS) is 15.8. The average molecular weight is 357 g/mol. The second-order valence-electron chi connectivity index (χ2n) is 6.79. The number of anilines is 3. The van der Waals surface area contributed by atoms with Gasteiger partial charge in [0.15, 0.2) is 0 Å². The van der Waals surface area contributed by atoms with Crippen LogP contribution in [0.5, 0.6) is 0 Å². The average Bonchev–Trinajstić information content (AvgIpc) is 2.72. The highest BCUT2D eigenvalue weighted by molar-refractivity contribution is 6.03. The number of hydrogen-bond acceptors (Lipinski definition) is 3. The number of benzene rings is 3. The van der Waals surface area contributed by atoms with E-state index >= 15 is 0 Å². The molecule has 1 unspecified atom stereocenters. The van der Waals surface area contributed by atoms with Crippen LogP contribution in [0.15, 0.2) is 78.9 Å². The molecule has 1 aliphatic rings. The first kappa shape index (κ1) is 17.2. The van der Waals surface area contributed by atoms with Gasteiger partial charge in [-0.25, -0.2) is 0 Å². The fraction of sp³-hybridized carbons (Fsp3) is 0.174. The van der Waals surface area contributed by atoms with E-state index < -0.39 is 0 Å². The van der Waals surface area contributed by atoms with Crippen molar-refractivity contribution in [1.29, 1.82) is 0 Å². The Balaban J connectivity index is 1.68. The number of carbonyl (C=O) groups excluding carboxylic acids is 1. The fourth-order valence-corrected chi connectivity index (χ4v) is 3.56. The molecule has 0 fully saturated rings. The number of nitrogens with one attached hydrogen (secondary N) is 2. The Morgan fingerprint density at radius 3 is 2.33 bits per heavy atom. The molecule has 0 spiro atoms. The zero-order chi connectivity index (χ0) is 18.6. The Morgan fingerprint density at radius 1 is 0.889 bits per heavy atom. The van der Waals surface area contributed by atoms with E-state index in [1.165, 1.54) is 5.56 Å². The first-order valence-corrected chi connectivity index (χ1v) is 9.22. The summed E-state index contributed by atoms with van der Waals surface area (Å²) >= 11 is 0. The van der Waals surface area contributed by atoms with Crippen LogP contribution in [0.2, 0.25) is 0 Å². The molecule has 4 heteroatoms. The van der Waals surface area contributed by atoms with E-state index in [0.29, 0.717) is 13.0 Å². The Labute approximate surface area is 159 Å². The second-order valence-corrected chi connectivity index (χ2v) is 6.79. The monoisotopic (exact) mass is 357 g/mol. The summed E-state index contributed by atoms with van der Waals surface area (Å²) in [4.78, 5) is 15.1. The number of amides is 1. The van der Waals surface area contributed by atoms with Gasteiger partial charge >= 0.3 is 0 Å². The van der Waals surface area contributed by atoms with Gasteiger partial charge in [-0.1, -0.05) is 54.6 Å². The molecule has 136 valence electrons. The van der Waals surface area contributed by atoms with E-state index in [4.69, 9.17) is 0 Å². The topological polar surface area (TPSA) is 44.4 Å². The maximum atomic E-state index is 12.9. The van der Waals surface area contributed by atoms with E-state index in [2.05, 4.69) is 58.0 Å². The molecule has 0 bridgehead atoms. The molecule has 0 aromatic heterocycles. The third kappa shape index (κ3) is 3.65. The van der Waals surface area contributed by atoms with Crippen LogP contribution in [0, 0.1) is 0 Å². The second kappa shape index (κ2) is 7.54. The van der Waals surface area contributed by atoms with Gasteiger partial charge in [0.2, 0.25) is 5.91 Å². The van der Waals surface area contributed by atoms with Crippen LogP contribution in [0.3, 0.4) is 0 Å². The summed E-state index contributed by atoms with van der Waals surface area (Å²) in [5.74, 6) is 0.0457. The molecule has 1 heterocycles. The van der Waals surface area contributed by atoms with Crippen LogP contribution >= 0.6 is 0 Å². The van der Waals surface area contributed by atoms with Gasteiger partial charge in [-0.3, -0.25) is 4.79 Å². The molecule has 3 aromatic rings. The molecule has 0 saturated heterocycles. The molecule has 3 aromatic carbocycles. The number of para-hydroxylation sites is 2. The van der Waals surface area contributed by atoms with E-state index in [-0.39, 0.29) is 11.9 Å². The smallest absolute Gasteiger partial charge is 0.247 e. The maximum Gasteiger partial charge on any atom is 0.247 e. The maximum absolute atomic E-state index is 12.9. The van der Waals surface area contributed by atoms with Crippen LogP contribution < -0.4 is 15.5 Å². The van der Waals surface area contributed by atoms with Crippen molar-refractivity contribution in [2.75, 3.05) is 22.6 Å². The van der Waals surface area contributed by atoms with E-state index in [0.717, 1.165) is 22.6 Å². The van der Waals surface area contributed by atoms with Crippen molar-refractivity contribution >= 4 is 23.0 Å². The Kier molecular flexibility index (Phi) is 4.79. The van der Waals surface area contributed by atoms with Crippen molar-refractivity contribution in [1.82, 2.24) is 0 Å². The first-order valence-electron chi connectivity index (χ1n) is 9.22. The molecular weight excluding hydrogens is 334 g/mol. The highest BCUT2D eigenvalue weighted by Crippen LogP contribution is 2.34. The molecule has 1 aliphatic heterocycles. The predicted octanol–water partition coefficient (Wildman–Crippen LogP) is 4.30. The Hall–Kier alpha value is -3.27. The fourth-order valence-electron chi connectivity index (χ4n) is 3.56. The van der Waals surface area contributed by atoms with Gasteiger partial charge in [-0.05, 0) is 35.4 Å². The molecule has 27 heavy (non-hydrogen) atoms. The quantitative estimate of drug-likeness (QED) is 0.716. The van der Waals surface area contributed by atoms with Crippen molar-refractivity contribution in [2.45, 2.75) is 19.0 Å². The number of rotatable bonds is 5. The standard InChI is InChI=1S/C23H23N3O/c1-24-19-13-11-18(12-14-19)16-26-21-10-6-5-9-20(21)25-23(27)22(26)15-17-7-3-2-4-8-17/h2-14,22,24H,15-16H2,1H3,(H,25,27). The minimum absolute atomic E-state index is 0.0457. The van der Waals surface area contributed by atoms with Gasteiger partial charge < -0.3 is 15.5 Å². The Bertz CT molecular complexity index is 922. The predicted molar refractivity (Wildman–Crippen MR) is 111 cm³/mol. The molecule has 1 amide bonds. The molecule has 0 aliphatic carbocycles. The number of carbonyl (C=O) groups is 1. The summed E-state index contributed by atoms with van der Waals surface area (Å²) in [6.45, 7) is 0.686. The lowest BCUT2D eigenvalue weighted by Crippen LogP contribution is -2.49. The minimum atomic E-state index is -0.244. The van der Waals surface area contributed by atoms with Crippen molar-refractivity contribution < 1.29 is 4.79 Å². The lowest BCUT2D eigenvalue weighted by atomic mass is 9.99. The van der Waals surface area contributed by atoms with Gasteiger partial charge in [0.05, 0.1) is 11.4 Å². The summed E-state index contributed by atoms with van der Waals surface area (Å²) < 4.78 is 0. The van der Waals surface area contributed by atoms with Crippen LogP contribution in [0.1, 0.15) is 11.1 Å². The first-order chi connectivity index (χ1) is 13.2. The lowest BCUT2D eigenvalue weighted by Gasteiger charge is -2.38. The van der Waals surface area contributed by atoms with Gasteiger partial charge in [0.1, 0.15) is 6.04 Å². The van der Waals surface area contributed by atoms with Crippen LogP contribution in [0.4, 0.5) is 17.1 Å². The number of hydrogen-bond donors (Lipinski definition) is 2. The third-order valence-corrected chi connectivity index (χ3v) is 5.02. The van der Waals surface area contributed by atoms with Crippen LogP contribution in [-0.4, -0.2) is 19.0 Å². The molecule has 4 nitrogen and oxygen atoms in total. The highest BCUT2D eigenvalue weighted by atomic mass is 16.2. The van der Waals surface area contributed by atoms with Gasteiger partial charge in [-0.2, -0.15) is 0 Å². The molecule has 2 N–H and O–H groups in total. The lowest BCUT2D eigenvalue weighted by molar-refractivity contribution is -0.117. The van der Waals surface area contributed by atoms with E-state index in [1.807, 2.05) is 43.4 Å². The third-order valence-electron chi connectivity index (χ3n) is 5.02. The summed E-state index contributed by atoms with van der Waals surface area (Å²) in [6, 6.07) is 26.3. The summed E-state index contributed by atoms with van der Waals surface area (Å²) in [5.41, 5.74) is 5.36. The largest absolute Gasteiger partial charge is 0.388 e. The minimum Gasteiger partial charge on any atom is -0.388 e. The van der Waals surface area contributed by atoms with Crippen molar-refractivity contribution in [3.63, 3.8) is 0 Å². The van der Waals surface area contributed by atoms with Crippen molar-refractivity contribution in [3.8, 4) is 0 Å². The Morgan fingerprint density at radius 2 is 1.59 bits per heavy atom. The molecular formula is C23H23N3O. The summed E-state index contributed by atoms with van der Waals surface area (Å²) in [7, 11) is 1.91. The molecule has 1 atom stereocenters. The SMILES string of the molecule is CNc1ccc(CN2c3ccccc3NC(=O)C2Cc2ccccc2)cc1. The van der Waals surface area contributed by atoms with Gasteiger partial charge in [0.25, 0.3) is 0 Å². The van der Waals surface area contributed by atoms with E-state index in [1.54, 1.807) is 0 Å². The molecule has 0 saturated carbocycles.